The van der Waals surface area contributed by atoms with Gasteiger partial charge in [0.05, 0.1) is 14.2 Å². The Morgan fingerprint density at radius 2 is 1.83 bits per heavy atom. The first-order valence-corrected chi connectivity index (χ1v) is 5.51. The molecule has 0 unspecified atom stereocenters. The topological polar surface area (TPSA) is 51.8 Å². The zero-order chi connectivity index (χ0) is 12.7. The van der Waals surface area contributed by atoms with Crippen molar-refractivity contribution in [2.45, 2.75) is 0 Å². The molecule has 0 aliphatic carbocycles. The second kappa shape index (κ2) is 3.84. The molecule has 18 heavy (non-hydrogen) atoms. The van der Waals surface area contributed by atoms with Crippen LogP contribution in [0.25, 0.3) is 21.9 Å². The van der Waals surface area contributed by atoms with Crippen molar-refractivity contribution in [3.63, 3.8) is 0 Å². The van der Waals surface area contributed by atoms with Crippen LogP contribution in [0.1, 0.15) is 0 Å². The standard InChI is InChI=1S/C14H12O4/c1-16-11-7-9-8-5-3-4-6-10(8)18-13(9)14(17-2)12(11)15/h3-7,15H,1-2H3. The van der Waals surface area contributed by atoms with Gasteiger partial charge >= 0.3 is 0 Å². The number of para-hydroxylation sites is 1. The first-order valence-electron chi connectivity index (χ1n) is 5.51. The minimum absolute atomic E-state index is 0.0495. The fraction of sp³-hybridized carbons (Fsp3) is 0.143. The molecule has 3 aromatic rings. The lowest BCUT2D eigenvalue weighted by molar-refractivity contribution is 0.340. The number of rotatable bonds is 2. The van der Waals surface area contributed by atoms with Crippen molar-refractivity contribution in [3.05, 3.63) is 30.3 Å². The predicted molar refractivity (Wildman–Crippen MR) is 68.5 cm³/mol. The van der Waals surface area contributed by atoms with Gasteiger partial charge in [-0.3, -0.25) is 0 Å². The molecule has 0 bridgehead atoms. The van der Waals surface area contributed by atoms with Crippen molar-refractivity contribution in [1.29, 1.82) is 0 Å². The molecule has 1 aromatic heterocycles. The Morgan fingerprint density at radius 3 is 2.56 bits per heavy atom. The van der Waals surface area contributed by atoms with Gasteiger partial charge < -0.3 is 19.0 Å². The quantitative estimate of drug-likeness (QED) is 0.751. The second-order valence-corrected chi connectivity index (χ2v) is 3.94. The molecule has 0 spiro atoms. The lowest BCUT2D eigenvalue weighted by Gasteiger charge is -2.08. The summed E-state index contributed by atoms with van der Waals surface area (Å²) in [6.07, 6.45) is 0. The number of hydrogen-bond donors (Lipinski definition) is 1. The van der Waals surface area contributed by atoms with E-state index in [9.17, 15) is 5.11 Å². The van der Waals surface area contributed by atoms with Gasteiger partial charge in [-0.25, -0.2) is 0 Å². The Kier molecular flexibility index (Phi) is 2.30. The minimum Gasteiger partial charge on any atom is -0.502 e. The summed E-state index contributed by atoms with van der Waals surface area (Å²) in [5.41, 5.74) is 1.27. The first-order chi connectivity index (χ1) is 8.76. The van der Waals surface area contributed by atoms with Gasteiger partial charge in [-0.2, -0.15) is 0 Å². The number of phenols is 1. The third-order valence-electron chi connectivity index (χ3n) is 2.99. The molecular formula is C14H12O4. The molecule has 4 heteroatoms. The highest BCUT2D eigenvalue weighted by Gasteiger charge is 2.19. The SMILES string of the molecule is COc1cc2c(oc3ccccc32)c(OC)c1O. The summed E-state index contributed by atoms with van der Waals surface area (Å²) >= 11 is 0. The van der Waals surface area contributed by atoms with Gasteiger partial charge in [0.15, 0.2) is 11.3 Å². The van der Waals surface area contributed by atoms with E-state index >= 15 is 0 Å². The summed E-state index contributed by atoms with van der Waals surface area (Å²) in [7, 11) is 2.99. The van der Waals surface area contributed by atoms with E-state index in [-0.39, 0.29) is 5.75 Å². The van der Waals surface area contributed by atoms with Gasteiger partial charge in [0, 0.05) is 10.8 Å². The van der Waals surface area contributed by atoms with E-state index in [1.54, 1.807) is 6.07 Å². The van der Waals surface area contributed by atoms with Crippen LogP contribution in [0.2, 0.25) is 0 Å². The van der Waals surface area contributed by atoms with Crippen LogP contribution < -0.4 is 9.47 Å². The maximum atomic E-state index is 10.0. The Labute approximate surface area is 103 Å². The average Bonchev–Trinajstić information content (AvgIpc) is 2.76. The van der Waals surface area contributed by atoms with Gasteiger partial charge in [-0.15, -0.1) is 0 Å². The van der Waals surface area contributed by atoms with Crippen LogP contribution in [0, 0.1) is 0 Å². The van der Waals surface area contributed by atoms with Gasteiger partial charge in [-0.05, 0) is 12.1 Å². The maximum absolute atomic E-state index is 10.0. The molecule has 0 radical (unpaired) electrons. The first kappa shape index (κ1) is 10.8. The van der Waals surface area contributed by atoms with Crippen molar-refractivity contribution >= 4 is 21.9 Å². The van der Waals surface area contributed by atoms with Gasteiger partial charge in [0.25, 0.3) is 0 Å². The average molecular weight is 244 g/mol. The number of methoxy groups -OCH3 is 2. The molecule has 0 fully saturated rings. The number of aromatic hydroxyl groups is 1. The fourth-order valence-electron chi connectivity index (χ4n) is 2.14. The van der Waals surface area contributed by atoms with Gasteiger partial charge in [-0.1, -0.05) is 18.2 Å². The van der Waals surface area contributed by atoms with Crippen LogP contribution in [0.4, 0.5) is 0 Å². The highest BCUT2D eigenvalue weighted by molar-refractivity contribution is 6.08. The largest absolute Gasteiger partial charge is 0.502 e. The van der Waals surface area contributed by atoms with Crippen molar-refractivity contribution in [2.24, 2.45) is 0 Å². The zero-order valence-electron chi connectivity index (χ0n) is 10.1. The van der Waals surface area contributed by atoms with Crippen LogP contribution in [0.15, 0.2) is 34.7 Å². The van der Waals surface area contributed by atoms with E-state index < -0.39 is 0 Å². The Bertz CT molecular complexity index is 727. The third kappa shape index (κ3) is 1.32. The lowest BCUT2D eigenvalue weighted by atomic mass is 10.1. The van der Waals surface area contributed by atoms with E-state index in [4.69, 9.17) is 13.9 Å². The van der Waals surface area contributed by atoms with E-state index in [2.05, 4.69) is 0 Å². The lowest BCUT2D eigenvalue weighted by Crippen LogP contribution is -1.89. The van der Waals surface area contributed by atoms with E-state index in [1.165, 1.54) is 14.2 Å². The van der Waals surface area contributed by atoms with Crippen LogP contribution in [-0.4, -0.2) is 19.3 Å². The Balaban J connectivity index is 2.52. The highest BCUT2D eigenvalue weighted by atomic mass is 16.5. The van der Waals surface area contributed by atoms with E-state index in [0.717, 1.165) is 16.4 Å². The molecule has 1 heterocycles. The van der Waals surface area contributed by atoms with Crippen LogP contribution in [0.3, 0.4) is 0 Å². The molecule has 0 saturated carbocycles. The summed E-state index contributed by atoms with van der Waals surface area (Å²) in [6.45, 7) is 0. The summed E-state index contributed by atoms with van der Waals surface area (Å²) in [5.74, 6) is 0.609. The molecule has 0 atom stereocenters. The van der Waals surface area contributed by atoms with E-state index in [1.807, 2.05) is 24.3 Å². The molecule has 0 amide bonds. The van der Waals surface area contributed by atoms with Crippen LogP contribution in [0.5, 0.6) is 17.2 Å². The summed E-state index contributed by atoms with van der Waals surface area (Å²) in [6, 6.07) is 9.41. The molecule has 0 aliphatic heterocycles. The predicted octanol–water partition coefficient (Wildman–Crippen LogP) is 3.31. The molecule has 4 nitrogen and oxygen atoms in total. The number of benzene rings is 2. The summed E-state index contributed by atoms with van der Waals surface area (Å²) in [5, 5.41) is 11.8. The number of furan rings is 1. The van der Waals surface area contributed by atoms with E-state index in [0.29, 0.717) is 17.1 Å². The van der Waals surface area contributed by atoms with Crippen LogP contribution in [-0.2, 0) is 0 Å². The second-order valence-electron chi connectivity index (χ2n) is 3.94. The zero-order valence-corrected chi connectivity index (χ0v) is 10.1. The monoisotopic (exact) mass is 244 g/mol. The van der Waals surface area contributed by atoms with Crippen molar-refractivity contribution in [2.75, 3.05) is 14.2 Å². The molecular weight excluding hydrogens is 232 g/mol. The maximum Gasteiger partial charge on any atom is 0.208 e. The molecule has 1 N–H and O–H groups in total. The smallest absolute Gasteiger partial charge is 0.208 e. The molecule has 0 saturated heterocycles. The molecule has 92 valence electrons. The Morgan fingerprint density at radius 1 is 1.06 bits per heavy atom. The van der Waals surface area contributed by atoms with Crippen molar-refractivity contribution < 1.29 is 19.0 Å². The highest BCUT2D eigenvalue weighted by Crippen LogP contribution is 2.45. The minimum atomic E-state index is -0.0495. The molecule has 3 rings (SSSR count). The number of ether oxygens (including phenoxy) is 2. The normalized spacial score (nSPS) is 11.0. The summed E-state index contributed by atoms with van der Waals surface area (Å²) in [4.78, 5) is 0. The van der Waals surface area contributed by atoms with Gasteiger partial charge in [0.2, 0.25) is 11.5 Å². The van der Waals surface area contributed by atoms with Crippen LogP contribution >= 0.6 is 0 Å². The van der Waals surface area contributed by atoms with Crippen molar-refractivity contribution in [3.8, 4) is 17.2 Å². The van der Waals surface area contributed by atoms with Crippen molar-refractivity contribution in [1.82, 2.24) is 0 Å². The third-order valence-corrected chi connectivity index (χ3v) is 2.99. The number of phenolic OH excluding ortho intramolecular Hbond substituents is 1. The number of fused-ring (bicyclic) bond motifs is 3. The Hall–Kier alpha value is -2.36. The fourth-order valence-corrected chi connectivity index (χ4v) is 2.14. The molecule has 2 aromatic carbocycles. The van der Waals surface area contributed by atoms with Gasteiger partial charge in [0.1, 0.15) is 5.58 Å². The number of hydrogen-bond acceptors (Lipinski definition) is 4. The summed E-state index contributed by atoms with van der Waals surface area (Å²) < 4.78 is 16.1. The molecule has 0 aliphatic rings.